The van der Waals surface area contributed by atoms with E-state index in [1.165, 1.54) is 19.3 Å². The van der Waals surface area contributed by atoms with Crippen molar-refractivity contribution in [1.82, 2.24) is 9.97 Å². The Morgan fingerprint density at radius 1 is 1.50 bits per heavy atom. The molecule has 0 spiro atoms. The van der Waals surface area contributed by atoms with E-state index in [4.69, 9.17) is 10.5 Å². The van der Waals surface area contributed by atoms with E-state index in [1.807, 2.05) is 6.92 Å². The van der Waals surface area contributed by atoms with Crippen LogP contribution in [0.5, 0.6) is 6.01 Å². The molecule has 0 aromatic carbocycles. The zero-order valence-corrected chi connectivity index (χ0v) is 9.78. The largest absolute Gasteiger partial charge is 0.463 e. The maximum atomic E-state index is 5.55. The van der Waals surface area contributed by atoms with Gasteiger partial charge in [0.05, 0.1) is 6.61 Å². The monoisotopic (exact) mass is 221 g/mol. The first kappa shape index (κ1) is 11.3. The summed E-state index contributed by atoms with van der Waals surface area (Å²) in [6, 6.07) is 0.481. The molecule has 0 bridgehead atoms. The van der Waals surface area contributed by atoms with E-state index in [0.29, 0.717) is 12.6 Å². The van der Waals surface area contributed by atoms with Gasteiger partial charge in [-0.15, -0.1) is 0 Å². The van der Waals surface area contributed by atoms with Gasteiger partial charge >= 0.3 is 6.01 Å². The van der Waals surface area contributed by atoms with Gasteiger partial charge in [-0.1, -0.05) is 19.3 Å². The minimum atomic E-state index is 0.480. The second-order valence-corrected chi connectivity index (χ2v) is 4.40. The highest BCUT2D eigenvalue weighted by atomic mass is 16.5. The molecule has 1 aliphatic rings. The van der Waals surface area contributed by atoms with Gasteiger partial charge in [-0.05, 0) is 19.3 Å². The third-order valence-electron chi connectivity index (χ3n) is 3.26. The quantitative estimate of drug-likeness (QED) is 0.823. The SMILES string of the molecule is Cc1nc(OCCC2CCC2)ncc1CN. The summed E-state index contributed by atoms with van der Waals surface area (Å²) in [5.41, 5.74) is 7.44. The molecule has 1 saturated carbocycles. The van der Waals surface area contributed by atoms with Crippen molar-refractivity contribution in [3.63, 3.8) is 0 Å². The van der Waals surface area contributed by atoms with E-state index in [-0.39, 0.29) is 0 Å². The fraction of sp³-hybridized carbons (Fsp3) is 0.667. The molecule has 4 nitrogen and oxygen atoms in total. The van der Waals surface area contributed by atoms with Crippen molar-refractivity contribution < 1.29 is 4.74 Å². The number of hydrogen-bond donors (Lipinski definition) is 1. The number of nitrogens with zero attached hydrogens (tertiary/aromatic N) is 2. The lowest BCUT2D eigenvalue weighted by Gasteiger charge is -2.24. The maximum absolute atomic E-state index is 5.55. The van der Waals surface area contributed by atoms with Crippen molar-refractivity contribution in [2.24, 2.45) is 11.7 Å². The van der Waals surface area contributed by atoms with Crippen molar-refractivity contribution in [1.29, 1.82) is 0 Å². The van der Waals surface area contributed by atoms with Gasteiger partial charge < -0.3 is 10.5 Å². The van der Waals surface area contributed by atoms with Crippen LogP contribution < -0.4 is 10.5 Å². The highest BCUT2D eigenvalue weighted by molar-refractivity contribution is 5.17. The molecular formula is C12H19N3O. The van der Waals surface area contributed by atoms with Crippen molar-refractivity contribution in [2.75, 3.05) is 6.61 Å². The van der Waals surface area contributed by atoms with Gasteiger partial charge in [0.25, 0.3) is 0 Å². The molecule has 0 unspecified atom stereocenters. The van der Waals surface area contributed by atoms with E-state index >= 15 is 0 Å². The van der Waals surface area contributed by atoms with Crippen LogP contribution in [0.1, 0.15) is 36.9 Å². The Bertz CT molecular complexity index is 350. The fourth-order valence-corrected chi connectivity index (χ4v) is 1.84. The van der Waals surface area contributed by atoms with Crippen molar-refractivity contribution in [3.05, 3.63) is 17.5 Å². The normalized spacial score (nSPS) is 15.9. The standard InChI is InChI=1S/C12H19N3O/c1-9-11(7-13)8-14-12(15-9)16-6-5-10-3-2-4-10/h8,10H,2-7,13H2,1H3. The molecule has 0 atom stereocenters. The number of rotatable bonds is 5. The smallest absolute Gasteiger partial charge is 0.316 e. The Hall–Kier alpha value is -1.16. The van der Waals surface area contributed by atoms with Crippen LogP contribution in [-0.2, 0) is 6.54 Å². The minimum Gasteiger partial charge on any atom is -0.463 e. The summed E-state index contributed by atoms with van der Waals surface area (Å²) in [5, 5.41) is 0. The first-order valence-electron chi connectivity index (χ1n) is 5.95. The van der Waals surface area contributed by atoms with Crippen LogP contribution in [0.2, 0.25) is 0 Å². The van der Waals surface area contributed by atoms with Gasteiger partial charge in [-0.3, -0.25) is 0 Å². The maximum Gasteiger partial charge on any atom is 0.316 e. The molecule has 0 radical (unpaired) electrons. The number of hydrogen-bond acceptors (Lipinski definition) is 4. The Balaban J connectivity index is 1.81. The lowest BCUT2D eigenvalue weighted by Crippen LogP contribution is -2.15. The van der Waals surface area contributed by atoms with Crippen LogP contribution in [0.25, 0.3) is 0 Å². The molecule has 2 rings (SSSR count). The summed E-state index contributed by atoms with van der Waals surface area (Å²) in [6.45, 7) is 3.14. The fourth-order valence-electron chi connectivity index (χ4n) is 1.84. The third kappa shape index (κ3) is 2.70. The van der Waals surface area contributed by atoms with Crippen molar-refractivity contribution in [3.8, 4) is 6.01 Å². The Morgan fingerprint density at radius 3 is 2.88 bits per heavy atom. The van der Waals surface area contributed by atoms with Crippen LogP contribution >= 0.6 is 0 Å². The molecule has 0 saturated heterocycles. The highest BCUT2D eigenvalue weighted by Gasteiger charge is 2.17. The molecule has 88 valence electrons. The van der Waals surface area contributed by atoms with Crippen molar-refractivity contribution >= 4 is 0 Å². The molecule has 4 heteroatoms. The van der Waals surface area contributed by atoms with E-state index in [9.17, 15) is 0 Å². The second-order valence-electron chi connectivity index (χ2n) is 4.40. The number of nitrogens with two attached hydrogens (primary N) is 1. The molecule has 16 heavy (non-hydrogen) atoms. The van der Waals surface area contributed by atoms with Gasteiger partial charge in [-0.2, -0.15) is 0 Å². The molecule has 2 N–H and O–H groups in total. The second kappa shape index (κ2) is 5.25. The molecule has 0 aliphatic heterocycles. The Kier molecular flexibility index (Phi) is 3.72. The summed E-state index contributed by atoms with van der Waals surface area (Å²) in [7, 11) is 0. The molecule has 1 heterocycles. The van der Waals surface area contributed by atoms with E-state index in [0.717, 1.165) is 30.2 Å². The van der Waals surface area contributed by atoms with Crippen LogP contribution in [0.15, 0.2) is 6.20 Å². The van der Waals surface area contributed by atoms with Gasteiger partial charge in [0.15, 0.2) is 0 Å². The molecular weight excluding hydrogens is 202 g/mol. The lowest BCUT2D eigenvalue weighted by atomic mass is 9.83. The average molecular weight is 221 g/mol. The molecule has 1 aliphatic carbocycles. The topological polar surface area (TPSA) is 61.0 Å². The summed E-state index contributed by atoms with van der Waals surface area (Å²) >= 11 is 0. The van der Waals surface area contributed by atoms with E-state index in [1.54, 1.807) is 6.20 Å². The van der Waals surface area contributed by atoms with Gasteiger partial charge in [0.1, 0.15) is 0 Å². The third-order valence-corrected chi connectivity index (χ3v) is 3.26. The average Bonchev–Trinajstić information content (AvgIpc) is 2.22. The summed E-state index contributed by atoms with van der Waals surface area (Å²) in [4.78, 5) is 8.41. The van der Waals surface area contributed by atoms with Crippen LogP contribution in [-0.4, -0.2) is 16.6 Å². The predicted molar refractivity (Wildman–Crippen MR) is 62.1 cm³/mol. The van der Waals surface area contributed by atoms with Crippen LogP contribution in [0, 0.1) is 12.8 Å². The zero-order chi connectivity index (χ0) is 11.4. The molecule has 0 amide bonds. The number of ether oxygens (including phenoxy) is 1. The van der Waals surface area contributed by atoms with Crippen LogP contribution in [0.4, 0.5) is 0 Å². The van der Waals surface area contributed by atoms with Gasteiger partial charge in [-0.25, -0.2) is 9.97 Å². The van der Waals surface area contributed by atoms with Crippen LogP contribution in [0.3, 0.4) is 0 Å². The number of aryl methyl sites for hydroxylation is 1. The zero-order valence-electron chi connectivity index (χ0n) is 9.78. The van der Waals surface area contributed by atoms with E-state index < -0.39 is 0 Å². The lowest BCUT2D eigenvalue weighted by molar-refractivity contribution is 0.211. The summed E-state index contributed by atoms with van der Waals surface area (Å²) in [6.07, 6.45) is 6.97. The first-order chi connectivity index (χ1) is 7.79. The Morgan fingerprint density at radius 2 is 2.31 bits per heavy atom. The van der Waals surface area contributed by atoms with Crippen molar-refractivity contribution in [2.45, 2.75) is 39.2 Å². The number of aromatic nitrogens is 2. The first-order valence-corrected chi connectivity index (χ1v) is 5.95. The molecule has 1 aromatic heterocycles. The minimum absolute atomic E-state index is 0.480. The van der Waals surface area contributed by atoms with Gasteiger partial charge in [0.2, 0.25) is 0 Å². The predicted octanol–water partition coefficient (Wildman–Crippen LogP) is 1.81. The summed E-state index contributed by atoms with van der Waals surface area (Å²) < 4.78 is 5.53. The van der Waals surface area contributed by atoms with E-state index in [2.05, 4.69) is 9.97 Å². The summed E-state index contributed by atoms with van der Waals surface area (Å²) in [5.74, 6) is 0.865. The Labute approximate surface area is 96.2 Å². The van der Waals surface area contributed by atoms with Gasteiger partial charge in [0, 0.05) is 24.0 Å². The molecule has 1 aromatic rings. The highest BCUT2D eigenvalue weighted by Crippen LogP contribution is 2.29. The molecule has 1 fully saturated rings.